The van der Waals surface area contributed by atoms with Gasteiger partial charge in [0.25, 0.3) is 0 Å². The van der Waals surface area contributed by atoms with E-state index in [2.05, 4.69) is 140 Å². The maximum atomic E-state index is 4.92. The Morgan fingerprint density at radius 2 is 0.583 bits per heavy atom. The Morgan fingerprint density at radius 3 is 0.950 bits per heavy atom. The zero-order valence-corrected chi connectivity index (χ0v) is 31.9. The van der Waals surface area contributed by atoms with Crippen LogP contribution in [0, 0.1) is 0 Å². The first kappa shape index (κ1) is 32.7. The summed E-state index contributed by atoms with van der Waals surface area (Å²) in [5.41, 5.74) is 14.1. The van der Waals surface area contributed by atoms with Crippen molar-refractivity contribution in [3.05, 3.63) is 183 Å². The van der Waals surface area contributed by atoms with Gasteiger partial charge in [0.05, 0.1) is 44.1 Å². The molecule has 8 nitrogen and oxygen atoms in total. The topological polar surface area (TPSA) is 87.2 Å². The van der Waals surface area contributed by atoms with Crippen molar-refractivity contribution in [1.29, 1.82) is 0 Å². The molecule has 0 saturated heterocycles. The minimum absolute atomic E-state index is 0.865. The fourth-order valence-electron chi connectivity index (χ4n) is 9.47. The van der Waals surface area contributed by atoms with Crippen LogP contribution in [0.4, 0.5) is 0 Å². The van der Waals surface area contributed by atoms with Crippen LogP contribution in [0.1, 0.15) is 0 Å². The predicted molar refractivity (Wildman–Crippen MR) is 243 cm³/mol. The molecule has 0 N–H and O–H groups in total. The predicted octanol–water partition coefficient (Wildman–Crippen LogP) is 12.2. The van der Waals surface area contributed by atoms with Gasteiger partial charge in [-0.1, -0.05) is 72.8 Å². The quantitative estimate of drug-likeness (QED) is 0.131. The molecule has 0 atom stereocenters. The Balaban J connectivity index is 0.947. The number of hydrogen-bond donors (Lipinski definition) is 0. The van der Waals surface area contributed by atoms with Gasteiger partial charge in [-0.15, -0.1) is 0 Å². The molecule has 0 radical (unpaired) electrons. The van der Waals surface area contributed by atoms with E-state index in [9.17, 15) is 0 Å². The van der Waals surface area contributed by atoms with Gasteiger partial charge in [0, 0.05) is 57.7 Å². The normalized spacial score (nSPS) is 12.0. The first-order valence-corrected chi connectivity index (χ1v) is 19.9. The zero-order chi connectivity index (χ0) is 39.3. The third-order valence-corrected chi connectivity index (χ3v) is 12.0. The van der Waals surface area contributed by atoms with Crippen LogP contribution in [0.15, 0.2) is 183 Å². The summed E-state index contributed by atoms with van der Waals surface area (Å²) in [6.45, 7) is 0. The molecule has 278 valence electrons. The summed E-state index contributed by atoms with van der Waals surface area (Å²) in [5, 5.41) is 8.84. The van der Waals surface area contributed by atoms with Gasteiger partial charge in [-0.05, 0) is 117 Å². The van der Waals surface area contributed by atoms with Crippen LogP contribution in [0.2, 0.25) is 0 Å². The number of aromatic nitrogens is 8. The van der Waals surface area contributed by atoms with E-state index in [1.54, 1.807) is 0 Å². The number of benzene rings is 7. The van der Waals surface area contributed by atoms with Gasteiger partial charge in [-0.3, -0.25) is 29.1 Å². The zero-order valence-electron chi connectivity index (χ0n) is 31.9. The van der Waals surface area contributed by atoms with Crippen LogP contribution < -0.4 is 0 Å². The number of imidazole rings is 2. The second kappa shape index (κ2) is 12.6. The number of fused-ring (bicyclic) bond motifs is 14. The van der Waals surface area contributed by atoms with Gasteiger partial charge in [-0.2, -0.15) is 0 Å². The molecule has 0 saturated carbocycles. The second-order valence-corrected chi connectivity index (χ2v) is 15.2. The van der Waals surface area contributed by atoms with E-state index in [-0.39, 0.29) is 0 Å². The van der Waals surface area contributed by atoms with E-state index in [0.717, 1.165) is 88.2 Å². The lowest BCUT2D eigenvalue weighted by molar-refractivity contribution is 1.10. The highest BCUT2D eigenvalue weighted by atomic mass is 15.1. The molecular weight excluding hydrogens is 737 g/mol. The molecule has 8 heteroatoms. The van der Waals surface area contributed by atoms with Crippen molar-refractivity contribution in [2.45, 2.75) is 0 Å². The molecule has 0 fully saturated rings. The molecular formula is C52H30N8. The lowest BCUT2D eigenvalue weighted by Gasteiger charge is -2.18. The number of hydrogen-bond acceptors (Lipinski definition) is 6. The summed E-state index contributed by atoms with van der Waals surface area (Å²) in [7, 11) is 0. The van der Waals surface area contributed by atoms with Gasteiger partial charge in [0.1, 0.15) is 12.7 Å². The van der Waals surface area contributed by atoms with Gasteiger partial charge in [0.15, 0.2) is 0 Å². The van der Waals surface area contributed by atoms with Crippen molar-refractivity contribution in [2.24, 2.45) is 0 Å². The monoisotopic (exact) mass is 766 g/mol. The summed E-state index contributed by atoms with van der Waals surface area (Å²) in [5.74, 6) is 0. The van der Waals surface area contributed by atoms with Crippen LogP contribution in [0.5, 0.6) is 0 Å². The molecule has 0 aliphatic heterocycles. The third-order valence-electron chi connectivity index (χ3n) is 12.0. The van der Waals surface area contributed by atoms with E-state index >= 15 is 0 Å². The van der Waals surface area contributed by atoms with E-state index in [0.29, 0.717) is 0 Å². The van der Waals surface area contributed by atoms with Crippen LogP contribution >= 0.6 is 0 Å². The first-order valence-electron chi connectivity index (χ1n) is 19.9. The molecule has 0 aliphatic carbocycles. The van der Waals surface area contributed by atoms with Gasteiger partial charge < -0.3 is 0 Å². The average molecular weight is 767 g/mol. The standard InChI is InChI=1S/C52H30N8/c1-2-10-36-35(9-1)43(31-17-21-33(22-18-31)59-29-57-49-39-13-5-25-53-45(39)47-41(51(49)59)15-7-27-55-47)37-11-3-4-12-38(37)44(36)32-19-23-34(24-20-32)60-30-58-50-40-14-6-26-54-46(40)48-42(52(50)60)16-8-28-56-48/h1-30H. The highest BCUT2D eigenvalue weighted by molar-refractivity contribution is 6.23. The van der Waals surface area contributed by atoms with Crippen LogP contribution in [0.25, 0.3) is 121 Å². The summed E-state index contributed by atoms with van der Waals surface area (Å²) in [4.78, 5) is 28.7. The van der Waals surface area contributed by atoms with E-state index in [1.165, 1.54) is 32.7 Å². The number of rotatable bonds is 4. The minimum Gasteiger partial charge on any atom is -0.298 e. The first-order chi connectivity index (χ1) is 29.8. The Labute approximate surface area is 341 Å². The fourth-order valence-corrected chi connectivity index (χ4v) is 9.47. The molecule has 60 heavy (non-hydrogen) atoms. The lowest BCUT2D eigenvalue weighted by atomic mass is 9.86. The fraction of sp³-hybridized carbons (Fsp3) is 0. The van der Waals surface area contributed by atoms with Crippen LogP contribution in [-0.2, 0) is 0 Å². The van der Waals surface area contributed by atoms with Crippen LogP contribution in [0.3, 0.4) is 0 Å². The van der Waals surface area contributed by atoms with Crippen molar-refractivity contribution < 1.29 is 0 Å². The summed E-state index contributed by atoms with van der Waals surface area (Å²) < 4.78 is 4.34. The Morgan fingerprint density at radius 1 is 0.267 bits per heavy atom. The molecule has 6 aromatic heterocycles. The summed E-state index contributed by atoms with van der Waals surface area (Å²) in [6.07, 6.45) is 11.1. The summed E-state index contributed by atoms with van der Waals surface area (Å²) in [6, 6.07) is 51.5. The Bertz CT molecular complexity index is 3570. The van der Waals surface area contributed by atoms with E-state index < -0.39 is 0 Å². The average Bonchev–Trinajstić information content (AvgIpc) is 3.98. The van der Waals surface area contributed by atoms with Crippen molar-refractivity contribution in [3.63, 3.8) is 0 Å². The minimum atomic E-state index is 0.865. The third kappa shape index (κ3) is 4.61. The van der Waals surface area contributed by atoms with Crippen molar-refractivity contribution in [3.8, 4) is 33.6 Å². The van der Waals surface area contributed by atoms with Crippen LogP contribution in [-0.4, -0.2) is 39.0 Å². The largest absolute Gasteiger partial charge is 0.298 e. The van der Waals surface area contributed by atoms with Gasteiger partial charge in [0.2, 0.25) is 0 Å². The molecule has 0 spiro atoms. The smallest absolute Gasteiger partial charge is 0.100 e. The lowest BCUT2D eigenvalue weighted by Crippen LogP contribution is -1.96. The Kier molecular flexibility index (Phi) is 6.85. The molecule has 6 heterocycles. The van der Waals surface area contributed by atoms with E-state index in [1.807, 2.05) is 61.7 Å². The maximum absolute atomic E-state index is 4.92. The molecule has 0 aliphatic rings. The van der Waals surface area contributed by atoms with Crippen molar-refractivity contribution in [2.75, 3.05) is 0 Å². The van der Waals surface area contributed by atoms with Crippen molar-refractivity contribution >= 4 is 87.2 Å². The van der Waals surface area contributed by atoms with Gasteiger partial charge >= 0.3 is 0 Å². The second-order valence-electron chi connectivity index (χ2n) is 15.2. The highest BCUT2D eigenvalue weighted by Gasteiger charge is 2.20. The van der Waals surface area contributed by atoms with Gasteiger partial charge in [-0.25, -0.2) is 9.97 Å². The molecule has 13 rings (SSSR count). The number of pyridine rings is 4. The van der Waals surface area contributed by atoms with E-state index in [4.69, 9.17) is 19.9 Å². The summed E-state index contributed by atoms with van der Waals surface area (Å²) >= 11 is 0. The molecule has 13 aromatic rings. The number of nitrogens with zero attached hydrogens (tertiary/aromatic N) is 8. The Hall–Kier alpha value is -8.36. The molecule has 0 amide bonds. The molecule has 0 unspecified atom stereocenters. The molecule has 7 aromatic carbocycles. The molecule has 0 bridgehead atoms. The maximum Gasteiger partial charge on any atom is 0.100 e. The highest BCUT2D eigenvalue weighted by Crippen LogP contribution is 2.44. The van der Waals surface area contributed by atoms with Crippen molar-refractivity contribution in [1.82, 2.24) is 39.0 Å². The SMILES string of the molecule is c1ccc2c(-c3ccc(-n4cnc5c6cccnc6c6ncccc6c54)cc3)c3ccccc3c(-c3ccc(-n4cnc5c6cccnc6c6ncccc6c54)cc3)c2c1.